The Hall–Kier alpha value is -0.903. The molecule has 0 fully saturated rings. The minimum Gasteiger partial charge on any atom is -0.410 e. The molecule has 1 aliphatic rings. The summed E-state index contributed by atoms with van der Waals surface area (Å²) < 4.78 is 6.70. The van der Waals surface area contributed by atoms with E-state index in [4.69, 9.17) is 4.43 Å². The third kappa shape index (κ3) is 2.82. The first-order valence-electron chi connectivity index (χ1n) is 8.13. The third-order valence-corrected chi connectivity index (χ3v) is 10.6. The van der Waals surface area contributed by atoms with Gasteiger partial charge in [0, 0.05) is 4.88 Å². The van der Waals surface area contributed by atoms with Gasteiger partial charge in [0.05, 0.1) is 6.10 Å². The van der Waals surface area contributed by atoms with Crippen LogP contribution in [0.5, 0.6) is 0 Å². The van der Waals surface area contributed by atoms with E-state index in [0.717, 1.165) is 12.8 Å². The van der Waals surface area contributed by atoms with Crippen LogP contribution in [0.3, 0.4) is 0 Å². The van der Waals surface area contributed by atoms with Crippen molar-refractivity contribution in [2.75, 3.05) is 0 Å². The van der Waals surface area contributed by atoms with Crippen molar-refractivity contribution >= 4 is 19.7 Å². The van der Waals surface area contributed by atoms with Gasteiger partial charge in [0.1, 0.15) is 0 Å². The van der Waals surface area contributed by atoms with Gasteiger partial charge in [0.2, 0.25) is 0 Å². The van der Waals surface area contributed by atoms with Gasteiger partial charge in [-0.05, 0) is 59.1 Å². The fraction of sp³-hybridized carbons (Fsp3) is 0.474. The molecular weight excluding hydrogens is 304 g/mol. The van der Waals surface area contributed by atoms with Crippen LogP contribution in [0.15, 0.2) is 35.7 Å². The van der Waals surface area contributed by atoms with Crippen molar-refractivity contribution in [2.45, 2.75) is 57.8 Å². The quantitative estimate of drug-likeness (QED) is 0.590. The Morgan fingerprint density at radius 3 is 2.55 bits per heavy atom. The maximum atomic E-state index is 6.70. The zero-order chi connectivity index (χ0) is 16.0. The molecule has 3 heteroatoms. The van der Waals surface area contributed by atoms with E-state index in [2.05, 4.69) is 69.6 Å². The van der Waals surface area contributed by atoms with E-state index >= 15 is 0 Å². The first-order chi connectivity index (χ1) is 10.3. The Morgan fingerprint density at radius 1 is 1.14 bits per heavy atom. The molecule has 1 heterocycles. The molecule has 3 rings (SSSR count). The highest BCUT2D eigenvalue weighted by Gasteiger charge is 2.40. The number of hydrogen-bond donors (Lipinski definition) is 0. The lowest BCUT2D eigenvalue weighted by molar-refractivity contribution is 0.185. The molecule has 118 valence electrons. The minimum atomic E-state index is -1.72. The summed E-state index contributed by atoms with van der Waals surface area (Å²) >= 11 is 1.83. The summed E-state index contributed by atoms with van der Waals surface area (Å²) in [6, 6.07) is 11.1. The van der Waals surface area contributed by atoms with Crippen molar-refractivity contribution in [1.29, 1.82) is 0 Å². The highest BCUT2D eigenvalue weighted by atomic mass is 32.1. The van der Waals surface area contributed by atoms with Gasteiger partial charge >= 0.3 is 0 Å². The molecule has 1 atom stereocenters. The second-order valence-electron chi connectivity index (χ2n) is 7.76. The smallest absolute Gasteiger partial charge is 0.192 e. The number of benzene rings is 1. The Balaban J connectivity index is 1.92. The van der Waals surface area contributed by atoms with Crippen molar-refractivity contribution in [3.63, 3.8) is 0 Å². The molecule has 1 nitrogen and oxygen atoms in total. The predicted molar refractivity (Wildman–Crippen MR) is 99.1 cm³/mol. The maximum absolute atomic E-state index is 6.70. The van der Waals surface area contributed by atoms with Gasteiger partial charge < -0.3 is 4.43 Å². The molecule has 0 aliphatic heterocycles. The van der Waals surface area contributed by atoms with E-state index in [9.17, 15) is 0 Å². The van der Waals surface area contributed by atoms with Crippen LogP contribution in [0.25, 0.3) is 10.4 Å². The topological polar surface area (TPSA) is 9.23 Å². The molecule has 0 radical (unpaired) electrons. The normalized spacial score (nSPS) is 18.5. The second kappa shape index (κ2) is 5.62. The SMILES string of the molecule is CC(C)(C)[Si](C)(C)OC1CCc2c(-c3cccs3)cccc21. The first kappa shape index (κ1) is 16.0. The molecule has 2 aromatic rings. The lowest BCUT2D eigenvalue weighted by atomic mass is 10.0. The second-order valence-corrected chi connectivity index (χ2v) is 13.5. The Bertz CT molecular complexity index is 653. The highest BCUT2D eigenvalue weighted by Crippen LogP contribution is 2.45. The summed E-state index contributed by atoms with van der Waals surface area (Å²) in [6.07, 6.45) is 2.56. The molecule has 0 saturated heterocycles. The lowest BCUT2D eigenvalue weighted by Crippen LogP contribution is -2.41. The monoisotopic (exact) mass is 330 g/mol. The van der Waals surface area contributed by atoms with E-state index in [1.54, 1.807) is 0 Å². The number of thiophene rings is 1. The summed E-state index contributed by atoms with van der Waals surface area (Å²) in [7, 11) is -1.72. The molecule has 0 spiro atoms. The number of hydrogen-bond acceptors (Lipinski definition) is 2. The zero-order valence-corrected chi connectivity index (χ0v) is 16.1. The van der Waals surface area contributed by atoms with Crippen LogP contribution < -0.4 is 0 Å². The molecule has 0 saturated carbocycles. The molecule has 0 bridgehead atoms. The maximum Gasteiger partial charge on any atom is 0.192 e. The predicted octanol–water partition coefficient (Wildman–Crippen LogP) is 6.42. The van der Waals surface area contributed by atoms with Crippen LogP contribution in [0.1, 0.15) is 44.4 Å². The number of rotatable bonds is 3. The Labute approximate surface area is 139 Å². The molecule has 0 amide bonds. The summed E-state index contributed by atoms with van der Waals surface area (Å²) in [5.74, 6) is 0. The van der Waals surface area contributed by atoms with E-state index in [1.165, 1.54) is 21.6 Å². The van der Waals surface area contributed by atoms with Crippen molar-refractivity contribution in [3.8, 4) is 10.4 Å². The van der Waals surface area contributed by atoms with Crippen LogP contribution in [-0.4, -0.2) is 8.32 Å². The molecule has 1 aromatic heterocycles. The summed E-state index contributed by atoms with van der Waals surface area (Å²) in [6.45, 7) is 11.7. The van der Waals surface area contributed by atoms with Gasteiger partial charge in [-0.3, -0.25) is 0 Å². The molecule has 1 aromatic carbocycles. The Kier molecular flexibility index (Phi) is 4.08. The molecule has 1 aliphatic carbocycles. The average molecular weight is 331 g/mol. The molecule has 0 N–H and O–H groups in total. The van der Waals surface area contributed by atoms with Gasteiger partial charge in [-0.1, -0.05) is 45.0 Å². The van der Waals surface area contributed by atoms with Crippen molar-refractivity contribution < 1.29 is 4.43 Å². The molecular formula is C19H26OSSi. The third-order valence-electron chi connectivity index (χ3n) is 5.25. The number of fused-ring (bicyclic) bond motifs is 1. The van der Waals surface area contributed by atoms with E-state index in [0.29, 0.717) is 0 Å². The lowest BCUT2D eigenvalue weighted by Gasteiger charge is -2.38. The van der Waals surface area contributed by atoms with Crippen LogP contribution in [-0.2, 0) is 10.8 Å². The first-order valence-corrected chi connectivity index (χ1v) is 11.9. The Morgan fingerprint density at radius 2 is 1.91 bits per heavy atom. The largest absolute Gasteiger partial charge is 0.410 e. The van der Waals surface area contributed by atoms with Gasteiger partial charge in [-0.2, -0.15) is 0 Å². The average Bonchev–Trinajstić information content (AvgIpc) is 3.07. The van der Waals surface area contributed by atoms with E-state index in [1.807, 2.05) is 11.3 Å². The summed E-state index contributed by atoms with van der Waals surface area (Å²) in [5, 5.41) is 2.43. The minimum absolute atomic E-state index is 0.265. The van der Waals surface area contributed by atoms with E-state index < -0.39 is 8.32 Å². The van der Waals surface area contributed by atoms with E-state index in [-0.39, 0.29) is 11.1 Å². The standard InChI is InChI=1S/C19H26OSSi/c1-19(2,3)22(4,5)20-17-12-11-14-15(17)8-6-9-16(14)18-10-7-13-21-18/h6-10,13,17H,11-12H2,1-5H3. The zero-order valence-electron chi connectivity index (χ0n) is 14.3. The van der Waals surface area contributed by atoms with Crippen LogP contribution in [0.4, 0.5) is 0 Å². The van der Waals surface area contributed by atoms with Crippen LogP contribution in [0, 0.1) is 0 Å². The van der Waals surface area contributed by atoms with Crippen LogP contribution in [0.2, 0.25) is 18.1 Å². The van der Waals surface area contributed by atoms with Gasteiger partial charge in [0.15, 0.2) is 8.32 Å². The molecule has 1 unspecified atom stereocenters. The van der Waals surface area contributed by atoms with Gasteiger partial charge in [0.25, 0.3) is 0 Å². The van der Waals surface area contributed by atoms with Gasteiger partial charge in [-0.15, -0.1) is 11.3 Å². The fourth-order valence-corrected chi connectivity index (χ4v) is 5.02. The highest BCUT2D eigenvalue weighted by molar-refractivity contribution is 7.13. The van der Waals surface area contributed by atoms with Crippen molar-refractivity contribution in [3.05, 3.63) is 46.8 Å². The molecule has 22 heavy (non-hydrogen) atoms. The van der Waals surface area contributed by atoms with Crippen LogP contribution >= 0.6 is 11.3 Å². The fourth-order valence-electron chi connectivity index (χ4n) is 2.93. The summed E-state index contributed by atoms with van der Waals surface area (Å²) in [5.41, 5.74) is 4.35. The van der Waals surface area contributed by atoms with Gasteiger partial charge in [-0.25, -0.2) is 0 Å². The summed E-state index contributed by atoms with van der Waals surface area (Å²) in [4.78, 5) is 1.38. The van der Waals surface area contributed by atoms with Crippen molar-refractivity contribution in [2.24, 2.45) is 0 Å². The van der Waals surface area contributed by atoms with Crippen molar-refractivity contribution in [1.82, 2.24) is 0 Å².